The zero-order valence-electron chi connectivity index (χ0n) is 14.7. The van der Waals surface area contributed by atoms with E-state index in [0.29, 0.717) is 17.2 Å². The molecule has 2 aliphatic heterocycles. The van der Waals surface area contributed by atoms with Crippen LogP contribution in [0.1, 0.15) is 27.2 Å². The van der Waals surface area contributed by atoms with Gasteiger partial charge in [0.2, 0.25) is 6.79 Å². The van der Waals surface area contributed by atoms with Crippen molar-refractivity contribution in [1.82, 2.24) is 10.2 Å². The number of carbonyl (C=O) groups excluding carboxylic acids is 1. The molecule has 0 bridgehead atoms. The first-order valence-electron chi connectivity index (χ1n) is 8.69. The summed E-state index contributed by atoms with van der Waals surface area (Å²) in [7, 11) is 0. The molecular weight excluding hydrogens is 306 g/mol. The van der Waals surface area contributed by atoms with Gasteiger partial charge in [-0.2, -0.15) is 0 Å². The lowest BCUT2D eigenvalue weighted by molar-refractivity contribution is 0.132. The van der Waals surface area contributed by atoms with Crippen molar-refractivity contribution in [3.63, 3.8) is 0 Å². The lowest BCUT2D eigenvalue weighted by Gasteiger charge is -2.36. The summed E-state index contributed by atoms with van der Waals surface area (Å²) < 4.78 is 10.6. The van der Waals surface area contributed by atoms with Gasteiger partial charge in [-0.1, -0.05) is 13.8 Å². The Morgan fingerprint density at radius 2 is 1.96 bits per heavy atom. The molecule has 2 heterocycles. The number of benzene rings is 1. The van der Waals surface area contributed by atoms with Crippen LogP contribution >= 0.6 is 0 Å². The van der Waals surface area contributed by atoms with Crippen molar-refractivity contribution in [3.8, 4) is 11.5 Å². The molecule has 2 N–H and O–H groups in total. The summed E-state index contributed by atoms with van der Waals surface area (Å²) in [4.78, 5) is 14.6. The third kappa shape index (κ3) is 4.32. The van der Waals surface area contributed by atoms with Gasteiger partial charge in [0.25, 0.3) is 0 Å². The molecule has 0 unspecified atom stereocenters. The second-order valence-corrected chi connectivity index (χ2v) is 7.23. The van der Waals surface area contributed by atoms with E-state index in [0.717, 1.165) is 31.5 Å². The highest BCUT2D eigenvalue weighted by atomic mass is 16.7. The number of piperidine rings is 1. The summed E-state index contributed by atoms with van der Waals surface area (Å²) in [6, 6.07) is 5.29. The normalized spacial score (nSPS) is 24.5. The minimum Gasteiger partial charge on any atom is -0.454 e. The number of likely N-dealkylation sites (tertiary alicyclic amines) is 1. The van der Waals surface area contributed by atoms with E-state index in [4.69, 9.17) is 9.47 Å². The summed E-state index contributed by atoms with van der Waals surface area (Å²) in [5.41, 5.74) is 0.698. The highest BCUT2D eigenvalue weighted by Crippen LogP contribution is 2.34. The molecule has 0 aromatic heterocycles. The third-order valence-corrected chi connectivity index (χ3v) is 4.48. The lowest BCUT2D eigenvalue weighted by atomic mass is 9.92. The van der Waals surface area contributed by atoms with E-state index in [1.165, 1.54) is 6.42 Å². The number of amides is 2. The molecule has 0 aliphatic carbocycles. The lowest BCUT2D eigenvalue weighted by Crippen LogP contribution is -2.47. The minimum absolute atomic E-state index is 0.0940. The molecule has 6 heteroatoms. The largest absolute Gasteiger partial charge is 0.454 e. The van der Waals surface area contributed by atoms with Crippen LogP contribution in [0.25, 0.3) is 0 Å². The molecule has 0 radical (unpaired) electrons. The molecule has 1 aromatic rings. The van der Waals surface area contributed by atoms with Gasteiger partial charge in [-0.05, 0) is 37.3 Å². The van der Waals surface area contributed by atoms with Crippen LogP contribution in [0.15, 0.2) is 18.2 Å². The van der Waals surface area contributed by atoms with Crippen molar-refractivity contribution in [3.05, 3.63) is 18.2 Å². The van der Waals surface area contributed by atoms with E-state index in [2.05, 4.69) is 29.4 Å². The van der Waals surface area contributed by atoms with Gasteiger partial charge < -0.3 is 25.0 Å². The summed E-state index contributed by atoms with van der Waals surface area (Å²) >= 11 is 0. The van der Waals surface area contributed by atoms with Gasteiger partial charge in [-0.15, -0.1) is 0 Å². The fraction of sp³-hybridized carbons (Fsp3) is 0.611. The van der Waals surface area contributed by atoms with Gasteiger partial charge in [0.15, 0.2) is 11.5 Å². The zero-order valence-corrected chi connectivity index (χ0v) is 14.7. The number of hydrogen-bond donors (Lipinski definition) is 2. The third-order valence-electron chi connectivity index (χ3n) is 4.48. The minimum atomic E-state index is -0.195. The van der Waals surface area contributed by atoms with E-state index in [-0.39, 0.29) is 18.9 Å². The van der Waals surface area contributed by atoms with Crippen LogP contribution in [0, 0.1) is 11.8 Å². The number of nitrogens with one attached hydrogen (secondary N) is 2. The molecule has 1 fully saturated rings. The summed E-state index contributed by atoms with van der Waals surface area (Å²) in [6.07, 6.45) is 1.29. The first-order chi connectivity index (χ1) is 11.5. The number of hydrogen-bond acceptors (Lipinski definition) is 4. The van der Waals surface area contributed by atoms with Crippen LogP contribution in [0.4, 0.5) is 10.5 Å². The van der Waals surface area contributed by atoms with E-state index < -0.39 is 0 Å². The molecule has 3 atom stereocenters. The van der Waals surface area contributed by atoms with Crippen molar-refractivity contribution in [2.24, 2.45) is 11.8 Å². The molecule has 2 aliphatic rings. The predicted molar refractivity (Wildman–Crippen MR) is 93.6 cm³/mol. The van der Waals surface area contributed by atoms with Crippen molar-refractivity contribution in [1.29, 1.82) is 0 Å². The number of anilines is 1. The number of fused-ring (bicyclic) bond motifs is 1. The molecule has 132 valence electrons. The molecule has 1 saturated heterocycles. The molecule has 0 saturated carbocycles. The predicted octanol–water partition coefficient (Wildman–Crippen LogP) is 2.90. The van der Waals surface area contributed by atoms with Crippen molar-refractivity contribution in [2.45, 2.75) is 33.2 Å². The Kier molecular flexibility index (Phi) is 5.14. The maximum atomic E-state index is 12.2. The first-order valence-corrected chi connectivity index (χ1v) is 8.69. The van der Waals surface area contributed by atoms with Gasteiger partial charge in [0.1, 0.15) is 0 Å². The van der Waals surface area contributed by atoms with Crippen LogP contribution < -0.4 is 20.1 Å². The number of ether oxygens (including phenoxy) is 2. The highest BCUT2D eigenvalue weighted by molar-refractivity contribution is 5.89. The van der Waals surface area contributed by atoms with Crippen LogP contribution in [-0.4, -0.2) is 43.4 Å². The van der Waals surface area contributed by atoms with E-state index in [9.17, 15) is 4.79 Å². The number of carbonyl (C=O) groups is 1. The molecule has 0 spiro atoms. The second-order valence-electron chi connectivity index (χ2n) is 7.23. The summed E-state index contributed by atoms with van der Waals surface area (Å²) in [5, 5.41) is 5.86. The standard InChI is InChI=1S/C18H27N3O3/c1-12-6-13(2)9-21(8-12)10-14(3)19-18(22)20-15-4-5-16-17(7-15)24-11-23-16/h4-5,7,12-14H,6,8-11H2,1-3H3,(H2,19,20,22)/t12-,13-,14+/m0/s1. The quantitative estimate of drug-likeness (QED) is 0.889. The number of nitrogens with zero attached hydrogens (tertiary/aromatic N) is 1. The van der Waals surface area contributed by atoms with Crippen LogP contribution in [-0.2, 0) is 0 Å². The van der Waals surface area contributed by atoms with Crippen LogP contribution in [0.2, 0.25) is 0 Å². The molecular formula is C18H27N3O3. The fourth-order valence-electron chi connectivity index (χ4n) is 3.74. The maximum absolute atomic E-state index is 12.2. The Morgan fingerprint density at radius 1 is 1.25 bits per heavy atom. The Balaban J connectivity index is 1.47. The number of urea groups is 1. The van der Waals surface area contributed by atoms with Gasteiger partial charge >= 0.3 is 6.03 Å². The average molecular weight is 333 g/mol. The molecule has 2 amide bonds. The van der Waals surface area contributed by atoms with Gasteiger partial charge in [-0.25, -0.2) is 4.79 Å². The fourth-order valence-corrected chi connectivity index (χ4v) is 3.74. The monoisotopic (exact) mass is 333 g/mol. The zero-order chi connectivity index (χ0) is 17.1. The SMILES string of the molecule is C[C@H]1C[C@H](C)CN(C[C@@H](C)NC(=O)Nc2ccc3c(c2)OCO3)C1. The summed E-state index contributed by atoms with van der Waals surface area (Å²) in [6.45, 7) is 9.97. The molecule has 6 nitrogen and oxygen atoms in total. The van der Waals surface area contributed by atoms with Crippen LogP contribution in [0.3, 0.4) is 0 Å². The van der Waals surface area contributed by atoms with E-state index in [1.807, 2.05) is 13.0 Å². The Hall–Kier alpha value is -1.95. The van der Waals surface area contributed by atoms with Crippen molar-refractivity contribution >= 4 is 11.7 Å². The molecule has 24 heavy (non-hydrogen) atoms. The Bertz CT molecular complexity index is 583. The highest BCUT2D eigenvalue weighted by Gasteiger charge is 2.23. The van der Waals surface area contributed by atoms with Gasteiger partial charge in [0, 0.05) is 37.4 Å². The smallest absolute Gasteiger partial charge is 0.319 e. The second kappa shape index (κ2) is 7.30. The molecule has 1 aromatic carbocycles. The Labute approximate surface area is 143 Å². The van der Waals surface area contributed by atoms with Crippen LogP contribution in [0.5, 0.6) is 11.5 Å². The molecule has 3 rings (SSSR count). The first kappa shape index (κ1) is 16.9. The van der Waals surface area contributed by atoms with Gasteiger partial charge in [0.05, 0.1) is 0 Å². The maximum Gasteiger partial charge on any atom is 0.319 e. The topological polar surface area (TPSA) is 62.8 Å². The van der Waals surface area contributed by atoms with Crippen molar-refractivity contribution in [2.75, 3.05) is 31.7 Å². The van der Waals surface area contributed by atoms with Crippen molar-refractivity contribution < 1.29 is 14.3 Å². The Morgan fingerprint density at radius 3 is 2.71 bits per heavy atom. The van der Waals surface area contributed by atoms with Gasteiger partial charge in [-0.3, -0.25) is 0 Å². The van der Waals surface area contributed by atoms with E-state index >= 15 is 0 Å². The average Bonchev–Trinajstić information content (AvgIpc) is 2.93. The number of rotatable bonds is 4. The van der Waals surface area contributed by atoms with E-state index in [1.54, 1.807) is 12.1 Å². The summed E-state index contributed by atoms with van der Waals surface area (Å²) in [5.74, 6) is 2.83.